The first kappa shape index (κ1) is 12.4. The second-order valence-corrected chi connectivity index (χ2v) is 6.71. The van der Waals surface area contributed by atoms with Crippen LogP contribution in [-0.4, -0.2) is 33.5 Å². The third-order valence-corrected chi connectivity index (χ3v) is 4.95. The Balaban J connectivity index is 1.77. The fourth-order valence-corrected chi connectivity index (χ4v) is 4.70. The van der Waals surface area contributed by atoms with Gasteiger partial charge in [0.05, 0.1) is 5.60 Å². The molecule has 4 fully saturated rings. The van der Waals surface area contributed by atoms with Crippen molar-refractivity contribution in [2.45, 2.75) is 69.2 Å². The Hall–Kier alpha value is -0.610. The molecule has 0 saturated heterocycles. The lowest BCUT2D eigenvalue weighted by Crippen LogP contribution is -2.60. The van der Waals surface area contributed by atoms with Crippen molar-refractivity contribution in [2.24, 2.45) is 11.8 Å². The maximum atomic E-state index is 11.8. The largest absolute Gasteiger partial charge is 0.457 e. The SMILES string of the molecule is CCC(O)C(=O)OC12CC3CC(CC(O)(C3)C1)C2. The van der Waals surface area contributed by atoms with E-state index in [2.05, 4.69) is 0 Å². The van der Waals surface area contributed by atoms with Crippen molar-refractivity contribution in [3.63, 3.8) is 0 Å². The molecule has 0 aliphatic heterocycles. The predicted octanol–water partition coefficient (Wildman–Crippen LogP) is 1.38. The lowest BCUT2D eigenvalue weighted by atomic mass is 9.52. The third-order valence-electron chi connectivity index (χ3n) is 4.95. The molecule has 2 N–H and O–H groups in total. The maximum Gasteiger partial charge on any atom is 0.335 e. The molecule has 102 valence electrons. The first-order chi connectivity index (χ1) is 8.44. The van der Waals surface area contributed by atoms with E-state index in [4.69, 9.17) is 4.74 Å². The Morgan fingerprint density at radius 3 is 2.44 bits per heavy atom. The summed E-state index contributed by atoms with van der Waals surface area (Å²) in [5.41, 5.74) is -1.12. The molecule has 4 saturated carbocycles. The fourth-order valence-electron chi connectivity index (χ4n) is 4.70. The number of aliphatic hydroxyl groups excluding tert-OH is 1. The van der Waals surface area contributed by atoms with E-state index in [1.54, 1.807) is 6.92 Å². The molecule has 4 nitrogen and oxygen atoms in total. The molecule has 0 amide bonds. The zero-order valence-corrected chi connectivity index (χ0v) is 10.9. The minimum atomic E-state index is -1.02. The molecule has 0 aromatic rings. The highest BCUT2D eigenvalue weighted by molar-refractivity contribution is 5.74. The average molecular weight is 254 g/mol. The number of ether oxygens (including phenoxy) is 1. The van der Waals surface area contributed by atoms with Crippen molar-refractivity contribution in [3.8, 4) is 0 Å². The summed E-state index contributed by atoms with van der Waals surface area (Å²) in [5, 5.41) is 20.1. The minimum absolute atomic E-state index is 0.381. The van der Waals surface area contributed by atoms with E-state index in [0.29, 0.717) is 24.7 Å². The molecule has 0 heterocycles. The molecule has 0 aromatic carbocycles. The van der Waals surface area contributed by atoms with Crippen molar-refractivity contribution >= 4 is 5.97 Å². The van der Waals surface area contributed by atoms with Gasteiger partial charge >= 0.3 is 5.97 Å². The molecule has 4 bridgehead atoms. The highest BCUT2D eigenvalue weighted by Gasteiger charge is 2.59. The summed E-state index contributed by atoms with van der Waals surface area (Å²) >= 11 is 0. The summed E-state index contributed by atoms with van der Waals surface area (Å²) in [6.45, 7) is 1.76. The van der Waals surface area contributed by atoms with Crippen LogP contribution in [0.5, 0.6) is 0 Å². The fraction of sp³-hybridized carbons (Fsp3) is 0.929. The Bertz CT molecular complexity index is 351. The lowest BCUT2D eigenvalue weighted by molar-refractivity contribution is -0.224. The van der Waals surface area contributed by atoms with E-state index in [-0.39, 0.29) is 0 Å². The highest BCUT2D eigenvalue weighted by atomic mass is 16.6. The smallest absolute Gasteiger partial charge is 0.335 e. The number of hydrogen-bond acceptors (Lipinski definition) is 4. The van der Waals surface area contributed by atoms with Crippen molar-refractivity contribution in [1.29, 1.82) is 0 Å². The van der Waals surface area contributed by atoms with E-state index < -0.39 is 23.3 Å². The second kappa shape index (κ2) is 3.94. The molecular weight excluding hydrogens is 232 g/mol. The zero-order valence-electron chi connectivity index (χ0n) is 10.9. The molecule has 4 heteroatoms. The van der Waals surface area contributed by atoms with E-state index >= 15 is 0 Å². The Morgan fingerprint density at radius 1 is 1.33 bits per heavy atom. The van der Waals surface area contributed by atoms with E-state index in [0.717, 1.165) is 32.1 Å². The van der Waals surface area contributed by atoms with E-state index in [1.165, 1.54) is 0 Å². The predicted molar refractivity (Wildman–Crippen MR) is 64.8 cm³/mol. The number of hydrogen-bond donors (Lipinski definition) is 2. The van der Waals surface area contributed by atoms with E-state index in [9.17, 15) is 15.0 Å². The summed E-state index contributed by atoms with van der Waals surface area (Å²) < 4.78 is 5.62. The van der Waals surface area contributed by atoms with Crippen LogP contribution in [0.1, 0.15) is 51.9 Å². The maximum absolute atomic E-state index is 11.8. The number of carbonyl (C=O) groups excluding carboxylic acids is 1. The van der Waals surface area contributed by atoms with Crippen LogP contribution in [0.25, 0.3) is 0 Å². The molecule has 0 radical (unpaired) electrons. The lowest BCUT2D eigenvalue weighted by Gasteiger charge is -2.59. The van der Waals surface area contributed by atoms with Gasteiger partial charge in [0.25, 0.3) is 0 Å². The van der Waals surface area contributed by atoms with Gasteiger partial charge in [0.15, 0.2) is 6.10 Å². The van der Waals surface area contributed by atoms with Gasteiger partial charge in [-0.25, -0.2) is 4.79 Å². The van der Waals surface area contributed by atoms with Crippen LogP contribution in [-0.2, 0) is 9.53 Å². The van der Waals surface area contributed by atoms with Gasteiger partial charge in [-0.3, -0.25) is 0 Å². The molecule has 4 rings (SSSR count). The quantitative estimate of drug-likeness (QED) is 0.747. The molecule has 18 heavy (non-hydrogen) atoms. The molecular formula is C14H22O4. The van der Waals surface area contributed by atoms with Crippen molar-refractivity contribution in [3.05, 3.63) is 0 Å². The molecule has 0 spiro atoms. The Labute approximate surface area is 107 Å². The van der Waals surface area contributed by atoms with Gasteiger partial charge in [0, 0.05) is 6.42 Å². The van der Waals surface area contributed by atoms with Gasteiger partial charge in [-0.15, -0.1) is 0 Å². The van der Waals surface area contributed by atoms with E-state index in [1.807, 2.05) is 0 Å². The summed E-state index contributed by atoms with van der Waals surface area (Å²) in [4.78, 5) is 11.8. The van der Waals surface area contributed by atoms with Crippen LogP contribution in [0, 0.1) is 11.8 Å². The summed E-state index contributed by atoms with van der Waals surface area (Å²) in [7, 11) is 0. The van der Waals surface area contributed by atoms with Crippen LogP contribution in [0.15, 0.2) is 0 Å². The molecule has 4 aliphatic carbocycles. The van der Waals surface area contributed by atoms with Gasteiger partial charge < -0.3 is 14.9 Å². The van der Waals surface area contributed by atoms with Crippen LogP contribution >= 0.6 is 0 Å². The van der Waals surface area contributed by atoms with Crippen LogP contribution in [0.4, 0.5) is 0 Å². The van der Waals surface area contributed by atoms with Crippen LogP contribution < -0.4 is 0 Å². The van der Waals surface area contributed by atoms with Gasteiger partial charge in [-0.1, -0.05) is 6.92 Å². The molecule has 4 aliphatic rings. The van der Waals surface area contributed by atoms with Gasteiger partial charge in [-0.05, 0) is 50.4 Å². The molecule has 3 unspecified atom stereocenters. The summed E-state index contributed by atoms with van der Waals surface area (Å²) in [5.74, 6) is 0.466. The van der Waals surface area contributed by atoms with Crippen molar-refractivity contribution in [1.82, 2.24) is 0 Å². The zero-order chi connectivity index (χ0) is 13.0. The Kier molecular flexibility index (Phi) is 2.72. The highest BCUT2D eigenvalue weighted by Crippen LogP contribution is 2.58. The number of rotatable bonds is 3. The second-order valence-electron chi connectivity index (χ2n) is 6.71. The number of esters is 1. The molecule has 0 aromatic heterocycles. The van der Waals surface area contributed by atoms with Crippen molar-refractivity contribution < 1.29 is 19.7 Å². The van der Waals surface area contributed by atoms with Gasteiger partial charge in [0.2, 0.25) is 0 Å². The van der Waals surface area contributed by atoms with Crippen LogP contribution in [0.2, 0.25) is 0 Å². The monoisotopic (exact) mass is 254 g/mol. The summed E-state index contributed by atoms with van der Waals surface area (Å²) in [6.07, 6.45) is 4.55. The normalized spacial score (nSPS) is 47.1. The third kappa shape index (κ3) is 1.95. The standard InChI is InChI=1S/C14H22O4/c1-2-11(15)12(16)18-14-6-9-3-10(7-14)5-13(17,4-9)8-14/h9-11,15,17H,2-8H2,1H3. The number of carbonyl (C=O) groups is 1. The first-order valence-electron chi connectivity index (χ1n) is 7.07. The molecule has 3 atom stereocenters. The van der Waals surface area contributed by atoms with Crippen LogP contribution in [0.3, 0.4) is 0 Å². The summed E-state index contributed by atoms with van der Waals surface area (Å²) in [6, 6.07) is 0. The Morgan fingerprint density at radius 2 is 1.94 bits per heavy atom. The topological polar surface area (TPSA) is 66.8 Å². The van der Waals surface area contributed by atoms with Crippen molar-refractivity contribution in [2.75, 3.05) is 0 Å². The van der Waals surface area contributed by atoms with Gasteiger partial charge in [-0.2, -0.15) is 0 Å². The minimum Gasteiger partial charge on any atom is -0.457 e. The average Bonchev–Trinajstić information content (AvgIpc) is 2.23. The first-order valence-corrected chi connectivity index (χ1v) is 7.07. The van der Waals surface area contributed by atoms with Gasteiger partial charge in [0.1, 0.15) is 5.60 Å². The number of aliphatic hydroxyl groups is 2.